The van der Waals surface area contributed by atoms with Gasteiger partial charge < -0.3 is 10.3 Å². The fourth-order valence-electron chi connectivity index (χ4n) is 2.50. The Morgan fingerprint density at radius 3 is 2.25 bits per heavy atom. The number of rotatable bonds is 2. The Morgan fingerprint density at radius 2 is 1.65 bits per heavy atom. The zero-order valence-corrected chi connectivity index (χ0v) is 12.8. The molecule has 20 heavy (non-hydrogen) atoms. The molecular formula is C17H22N2O. The van der Waals surface area contributed by atoms with Crippen molar-refractivity contribution in [3.63, 3.8) is 0 Å². The predicted molar refractivity (Wildman–Crippen MR) is 83.1 cm³/mol. The molecule has 2 rings (SSSR count). The van der Waals surface area contributed by atoms with E-state index < -0.39 is 0 Å². The number of aromatic nitrogens is 1. The molecule has 1 aromatic heterocycles. The second-order valence-electron chi connectivity index (χ2n) is 5.57. The lowest BCUT2D eigenvalue weighted by Crippen LogP contribution is -2.29. The first-order valence-corrected chi connectivity index (χ1v) is 6.82. The van der Waals surface area contributed by atoms with Crippen LogP contribution >= 0.6 is 0 Å². The smallest absolute Gasteiger partial charge is 0.255 e. The Bertz CT molecular complexity index is 714. The molecule has 1 atom stereocenters. The molecule has 2 N–H and O–H groups in total. The van der Waals surface area contributed by atoms with Gasteiger partial charge >= 0.3 is 0 Å². The zero-order chi connectivity index (χ0) is 15.0. The minimum atomic E-state index is -0.381. The van der Waals surface area contributed by atoms with Gasteiger partial charge in [-0.15, -0.1) is 0 Å². The van der Waals surface area contributed by atoms with Gasteiger partial charge in [-0.05, 0) is 56.0 Å². The van der Waals surface area contributed by atoms with Crippen molar-refractivity contribution in [1.82, 2.24) is 4.57 Å². The third-order valence-electron chi connectivity index (χ3n) is 4.12. The van der Waals surface area contributed by atoms with Crippen molar-refractivity contribution in [2.24, 2.45) is 12.8 Å². The van der Waals surface area contributed by atoms with Crippen molar-refractivity contribution in [2.75, 3.05) is 0 Å². The second-order valence-corrected chi connectivity index (χ2v) is 5.57. The molecule has 0 aliphatic rings. The van der Waals surface area contributed by atoms with E-state index in [1.165, 1.54) is 11.1 Å². The van der Waals surface area contributed by atoms with Crippen molar-refractivity contribution < 1.29 is 0 Å². The van der Waals surface area contributed by atoms with Crippen LogP contribution < -0.4 is 11.3 Å². The zero-order valence-electron chi connectivity index (χ0n) is 12.8. The molecule has 1 heterocycles. The standard InChI is InChI=1S/C17H22N2O/c1-10-6-7-14(9-11(10)2)16(18)15-12(3)8-13(4)19(5)17(15)20/h6-9,16H,18H2,1-5H3. The van der Waals surface area contributed by atoms with Crippen LogP contribution in [0.3, 0.4) is 0 Å². The van der Waals surface area contributed by atoms with Gasteiger partial charge in [-0.2, -0.15) is 0 Å². The first-order valence-electron chi connectivity index (χ1n) is 6.82. The summed E-state index contributed by atoms with van der Waals surface area (Å²) in [4.78, 5) is 12.5. The summed E-state index contributed by atoms with van der Waals surface area (Å²) >= 11 is 0. The Labute approximate surface area is 120 Å². The minimum Gasteiger partial charge on any atom is -0.320 e. The van der Waals surface area contributed by atoms with Gasteiger partial charge in [0, 0.05) is 18.3 Å². The van der Waals surface area contributed by atoms with E-state index in [2.05, 4.69) is 26.0 Å². The van der Waals surface area contributed by atoms with E-state index in [0.717, 1.165) is 16.8 Å². The van der Waals surface area contributed by atoms with Crippen LogP contribution in [0.15, 0.2) is 29.1 Å². The molecule has 0 amide bonds. The van der Waals surface area contributed by atoms with Gasteiger partial charge in [0.25, 0.3) is 5.56 Å². The van der Waals surface area contributed by atoms with Crippen LogP contribution in [0.25, 0.3) is 0 Å². The fraction of sp³-hybridized carbons (Fsp3) is 0.353. The monoisotopic (exact) mass is 270 g/mol. The highest BCUT2D eigenvalue weighted by Crippen LogP contribution is 2.22. The summed E-state index contributed by atoms with van der Waals surface area (Å²) in [6.07, 6.45) is 0. The SMILES string of the molecule is Cc1ccc(C(N)c2c(C)cc(C)n(C)c2=O)cc1C. The number of hydrogen-bond donors (Lipinski definition) is 1. The molecule has 0 saturated heterocycles. The Kier molecular flexibility index (Phi) is 3.82. The van der Waals surface area contributed by atoms with Gasteiger partial charge in [0.1, 0.15) is 0 Å². The third kappa shape index (κ3) is 2.41. The van der Waals surface area contributed by atoms with Crippen LogP contribution in [-0.4, -0.2) is 4.57 Å². The maximum atomic E-state index is 12.5. The average Bonchev–Trinajstić information content (AvgIpc) is 2.39. The average molecular weight is 270 g/mol. The second kappa shape index (κ2) is 5.25. The van der Waals surface area contributed by atoms with Crippen molar-refractivity contribution in [3.05, 3.63) is 68.1 Å². The summed E-state index contributed by atoms with van der Waals surface area (Å²) < 4.78 is 1.66. The van der Waals surface area contributed by atoms with E-state index in [-0.39, 0.29) is 11.6 Å². The van der Waals surface area contributed by atoms with Gasteiger partial charge in [0.05, 0.1) is 6.04 Å². The number of nitrogens with zero attached hydrogens (tertiary/aromatic N) is 1. The van der Waals surface area contributed by atoms with Gasteiger partial charge in [-0.3, -0.25) is 4.79 Å². The molecule has 0 spiro atoms. The number of aryl methyl sites for hydroxylation is 4. The molecule has 1 aromatic carbocycles. The normalized spacial score (nSPS) is 12.5. The summed E-state index contributed by atoms with van der Waals surface area (Å²) in [6.45, 7) is 8.01. The molecule has 3 heteroatoms. The molecular weight excluding hydrogens is 248 g/mol. The van der Waals surface area contributed by atoms with Gasteiger partial charge in [-0.25, -0.2) is 0 Å². The third-order valence-corrected chi connectivity index (χ3v) is 4.12. The molecule has 0 aliphatic carbocycles. The number of nitrogens with two attached hydrogens (primary N) is 1. The summed E-state index contributed by atoms with van der Waals surface area (Å²) in [5, 5.41) is 0. The highest BCUT2D eigenvalue weighted by Gasteiger charge is 2.17. The molecule has 0 aliphatic heterocycles. The van der Waals surface area contributed by atoms with Crippen molar-refractivity contribution >= 4 is 0 Å². The molecule has 0 bridgehead atoms. The van der Waals surface area contributed by atoms with E-state index in [1.807, 2.05) is 26.0 Å². The highest BCUT2D eigenvalue weighted by atomic mass is 16.1. The molecule has 106 valence electrons. The largest absolute Gasteiger partial charge is 0.320 e. The summed E-state index contributed by atoms with van der Waals surface area (Å²) in [7, 11) is 1.79. The lowest BCUT2D eigenvalue weighted by atomic mass is 9.94. The molecule has 0 radical (unpaired) electrons. The minimum absolute atomic E-state index is 0.00627. The highest BCUT2D eigenvalue weighted by molar-refractivity contribution is 5.39. The van der Waals surface area contributed by atoms with Crippen molar-refractivity contribution in [1.29, 1.82) is 0 Å². The van der Waals surface area contributed by atoms with Gasteiger partial charge in [0.2, 0.25) is 0 Å². The predicted octanol–water partition coefficient (Wildman–Crippen LogP) is 2.67. The molecule has 0 fully saturated rings. The Hall–Kier alpha value is -1.87. The van der Waals surface area contributed by atoms with E-state index in [4.69, 9.17) is 5.73 Å². The maximum absolute atomic E-state index is 12.5. The summed E-state index contributed by atoms with van der Waals surface area (Å²) in [5.74, 6) is 0. The van der Waals surface area contributed by atoms with E-state index in [1.54, 1.807) is 11.6 Å². The van der Waals surface area contributed by atoms with E-state index in [0.29, 0.717) is 5.56 Å². The number of benzene rings is 1. The van der Waals surface area contributed by atoms with Crippen LogP contribution in [0.2, 0.25) is 0 Å². The first kappa shape index (κ1) is 14.5. The van der Waals surface area contributed by atoms with Crippen LogP contribution in [-0.2, 0) is 7.05 Å². The van der Waals surface area contributed by atoms with Crippen molar-refractivity contribution in [2.45, 2.75) is 33.7 Å². The van der Waals surface area contributed by atoms with Gasteiger partial charge in [-0.1, -0.05) is 18.2 Å². The lowest BCUT2D eigenvalue weighted by Gasteiger charge is -2.18. The number of pyridine rings is 1. The summed E-state index contributed by atoms with van der Waals surface area (Å²) in [5.41, 5.74) is 12.3. The maximum Gasteiger partial charge on any atom is 0.255 e. The lowest BCUT2D eigenvalue weighted by molar-refractivity contribution is 0.753. The Morgan fingerprint density at radius 1 is 1.00 bits per heavy atom. The number of hydrogen-bond acceptors (Lipinski definition) is 2. The van der Waals surface area contributed by atoms with Crippen LogP contribution in [0.5, 0.6) is 0 Å². The van der Waals surface area contributed by atoms with E-state index >= 15 is 0 Å². The molecule has 3 nitrogen and oxygen atoms in total. The van der Waals surface area contributed by atoms with Crippen molar-refractivity contribution in [3.8, 4) is 0 Å². The first-order chi connectivity index (χ1) is 9.32. The van der Waals surface area contributed by atoms with Gasteiger partial charge in [0.15, 0.2) is 0 Å². The van der Waals surface area contributed by atoms with Crippen LogP contribution in [0, 0.1) is 27.7 Å². The topological polar surface area (TPSA) is 48.0 Å². The quantitative estimate of drug-likeness (QED) is 0.912. The van der Waals surface area contributed by atoms with E-state index in [9.17, 15) is 4.79 Å². The molecule has 1 unspecified atom stereocenters. The fourth-order valence-corrected chi connectivity index (χ4v) is 2.50. The molecule has 0 saturated carbocycles. The van der Waals surface area contributed by atoms with Crippen LogP contribution in [0.1, 0.15) is 39.6 Å². The van der Waals surface area contributed by atoms with Crippen LogP contribution in [0.4, 0.5) is 0 Å². The molecule has 2 aromatic rings. The summed E-state index contributed by atoms with van der Waals surface area (Å²) in [6, 6.07) is 7.76. The Balaban J connectivity index is 2.59.